The fraction of sp³-hybridized carbons (Fsp3) is 0.412. The van der Waals surface area contributed by atoms with Crippen molar-refractivity contribution >= 4 is 0 Å². The maximum atomic E-state index is 14.1. The molecule has 1 aromatic carbocycles. The summed E-state index contributed by atoms with van der Waals surface area (Å²) in [6, 6.07) is 3.05. The molecular weight excluding hydrogens is 299 g/mol. The molecule has 0 bridgehead atoms. The van der Waals surface area contributed by atoms with Gasteiger partial charge in [-0.05, 0) is 49.1 Å². The van der Waals surface area contributed by atoms with Crippen molar-refractivity contribution < 1.29 is 22.0 Å². The second-order valence-electron chi connectivity index (χ2n) is 5.59. The Bertz CT molecular complexity index is 579. The Balaban J connectivity index is 2.13. The molecular formula is C17H17F5. The lowest BCUT2D eigenvalue weighted by atomic mass is 9.78. The molecule has 5 heteroatoms. The van der Waals surface area contributed by atoms with Crippen LogP contribution in [0.3, 0.4) is 0 Å². The molecule has 0 aliphatic heterocycles. The minimum absolute atomic E-state index is 0.212. The summed E-state index contributed by atoms with van der Waals surface area (Å²) in [7, 11) is 0. The number of hydrogen-bond donors (Lipinski definition) is 0. The number of hydrogen-bond acceptors (Lipinski definition) is 0. The zero-order chi connectivity index (χ0) is 16.3. The normalized spacial score (nSPS) is 21.5. The fourth-order valence-corrected chi connectivity index (χ4v) is 3.04. The average molecular weight is 316 g/mol. The first-order valence-electron chi connectivity index (χ1n) is 7.24. The summed E-state index contributed by atoms with van der Waals surface area (Å²) in [6.07, 6.45) is 0.595. The summed E-state index contributed by atoms with van der Waals surface area (Å²) in [5.41, 5.74) is 0.479. The molecule has 120 valence electrons. The molecule has 1 aliphatic carbocycles. The van der Waals surface area contributed by atoms with E-state index in [0.717, 1.165) is 0 Å². The zero-order valence-corrected chi connectivity index (χ0v) is 12.0. The van der Waals surface area contributed by atoms with Gasteiger partial charge < -0.3 is 0 Å². The summed E-state index contributed by atoms with van der Waals surface area (Å²) in [6.45, 7) is 3.49. The number of benzene rings is 1. The second-order valence-corrected chi connectivity index (χ2v) is 5.59. The van der Waals surface area contributed by atoms with Crippen LogP contribution < -0.4 is 0 Å². The van der Waals surface area contributed by atoms with Crippen molar-refractivity contribution in [3.8, 4) is 0 Å². The molecule has 0 radical (unpaired) electrons. The third kappa shape index (κ3) is 3.39. The molecule has 0 saturated heterocycles. The number of allylic oxidation sites excluding steroid dienone is 2. The monoisotopic (exact) mass is 316 g/mol. The van der Waals surface area contributed by atoms with E-state index in [2.05, 4.69) is 6.58 Å². The number of halogens is 5. The molecule has 0 unspecified atom stereocenters. The van der Waals surface area contributed by atoms with Gasteiger partial charge in [-0.2, -0.15) is 8.78 Å². The minimum atomic E-state index is -2.28. The highest BCUT2D eigenvalue weighted by molar-refractivity contribution is 5.30. The van der Waals surface area contributed by atoms with E-state index in [-0.39, 0.29) is 36.3 Å². The quantitative estimate of drug-likeness (QED) is 0.469. The summed E-state index contributed by atoms with van der Waals surface area (Å²) < 4.78 is 65.8. The molecule has 1 saturated carbocycles. The van der Waals surface area contributed by atoms with Crippen LogP contribution in [-0.2, 0) is 6.42 Å². The smallest absolute Gasteiger partial charge is 0.206 e. The summed E-state index contributed by atoms with van der Waals surface area (Å²) in [5, 5.41) is 0. The van der Waals surface area contributed by atoms with E-state index >= 15 is 0 Å². The molecule has 0 atom stereocenters. The second kappa shape index (κ2) is 7.07. The topological polar surface area (TPSA) is 0 Å². The molecule has 0 aromatic heterocycles. The van der Waals surface area contributed by atoms with Gasteiger partial charge in [0.05, 0.1) is 0 Å². The van der Waals surface area contributed by atoms with E-state index in [1.54, 1.807) is 0 Å². The van der Waals surface area contributed by atoms with Crippen LogP contribution in [0.5, 0.6) is 0 Å². The van der Waals surface area contributed by atoms with E-state index in [1.165, 1.54) is 18.2 Å². The van der Waals surface area contributed by atoms with Crippen LogP contribution in [0.15, 0.2) is 36.7 Å². The standard InChI is InChI=1S/C17H17F5/c1-2-3-11-8-9-13(16(20)14(11)18)10-4-6-12(7-5-10)15(19)17(21)22/h2,8-10,12H,1,3-7H2/t10-,12-. The Morgan fingerprint density at radius 1 is 1.05 bits per heavy atom. The van der Waals surface area contributed by atoms with Crippen molar-refractivity contribution in [3.05, 3.63) is 59.5 Å². The Morgan fingerprint density at radius 3 is 2.23 bits per heavy atom. The first kappa shape index (κ1) is 16.7. The lowest BCUT2D eigenvalue weighted by molar-refractivity contribution is 0.278. The SMILES string of the molecule is C=CCc1ccc([C@H]2CC[C@H](C(F)=C(F)F)CC2)c(F)c1F. The summed E-state index contributed by atoms with van der Waals surface area (Å²) in [4.78, 5) is 0. The van der Waals surface area contributed by atoms with Crippen molar-refractivity contribution in [1.82, 2.24) is 0 Å². The van der Waals surface area contributed by atoms with Gasteiger partial charge in [0.1, 0.15) is 0 Å². The fourth-order valence-electron chi connectivity index (χ4n) is 3.04. The van der Waals surface area contributed by atoms with Crippen molar-refractivity contribution in [3.63, 3.8) is 0 Å². The minimum Gasteiger partial charge on any atom is -0.206 e. The molecule has 0 heterocycles. The Kier molecular flexibility index (Phi) is 5.37. The highest BCUT2D eigenvalue weighted by Crippen LogP contribution is 2.41. The molecule has 22 heavy (non-hydrogen) atoms. The van der Waals surface area contributed by atoms with Gasteiger partial charge in [-0.15, -0.1) is 6.58 Å². The van der Waals surface area contributed by atoms with E-state index in [4.69, 9.17) is 0 Å². The Morgan fingerprint density at radius 2 is 1.68 bits per heavy atom. The van der Waals surface area contributed by atoms with Gasteiger partial charge in [0.25, 0.3) is 0 Å². The predicted octanol–water partition coefficient (Wildman–Crippen LogP) is 6.04. The van der Waals surface area contributed by atoms with Gasteiger partial charge in [-0.25, -0.2) is 13.2 Å². The van der Waals surface area contributed by atoms with Gasteiger partial charge in [-0.3, -0.25) is 0 Å². The van der Waals surface area contributed by atoms with E-state index in [0.29, 0.717) is 12.8 Å². The molecule has 0 nitrogen and oxygen atoms in total. The van der Waals surface area contributed by atoms with Crippen LogP contribution in [0.4, 0.5) is 22.0 Å². The average Bonchev–Trinajstić information content (AvgIpc) is 2.52. The van der Waals surface area contributed by atoms with Gasteiger partial charge in [-0.1, -0.05) is 18.2 Å². The van der Waals surface area contributed by atoms with Crippen LogP contribution in [0.1, 0.15) is 42.7 Å². The van der Waals surface area contributed by atoms with Gasteiger partial charge in [0, 0.05) is 5.92 Å². The highest BCUT2D eigenvalue weighted by atomic mass is 19.3. The molecule has 1 fully saturated rings. The van der Waals surface area contributed by atoms with Crippen LogP contribution in [0, 0.1) is 17.6 Å². The predicted molar refractivity (Wildman–Crippen MR) is 75.3 cm³/mol. The Labute approximate surface area is 126 Å². The first-order valence-corrected chi connectivity index (χ1v) is 7.24. The van der Waals surface area contributed by atoms with Crippen molar-refractivity contribution in [2.24, 2.45) is 5.92 Å². The van der Waals surface area contributed by atoms with Gasteiger partial charge >= 0.3 is 6.08 Å². The van der Waals surface area contributed by atoms with Crippen LogP contribution in [0.25, 0.3) is 0 Å². The lowest BCUT2D eigenvalue weighted by Crippen LogP contribution is -2.16. The number of rotatable bonds is 4. The summed E-state index contributed by atoms with van der Waals surface area (Å²) >= 11 is 0. The largest absolute Gasteiger partial charge is 0.301 e. The van der Waals surface area contributed by atoms with Crippen molar-refractivity contribution in [2.75, 3.05) is 0 Å². The molecule has 1 aliphatic rings. The molecule has 1 aromatic rings. The van der Waals surface area contributed by atoms with Gasteiger partial charge in [0.15, 0.2) is 17.5 Å². The molecule has 2 rings (SSSR count). The lowest BCUT2D eigenvalue weighted by Gasteiger charge is -2.28. The maximum absolute atomic E-state index is 14.1. The van der Waals surface area contributed by atoms with Crippen LogP contribution >= 0.6 is 0 Å². The summed E-state index contributed by atoms with van der Waals surface area (Å²) in [5.74, 6) is -4.23. The van der Waals surface area contributed by atoms with Crippen LogP contribution in [0.2, 0.25) is 0 Å². The highest BCUT2D eigenvalue weighted by Gasteiger charge is 2.29. The molecule has 0 spiro atoms. The van der Waals surface area contributed by atoms with E-state index in [1.807, 2.05) is 0 Å². The maximum Gasteiger partial charge on any atom is 0.301 e. The molecule has 0 N–H and O–H groups in total. The third-order valence-corrected chi connectivity index (χ3v) is 4.26. The van der Waals surface area contributed by atoms with Gasteiger partial charge in [0.2, 0.25) is 0 Å². The van der Waals surface area contributed by atoms with E-state index < -0.39 is 29.5 Å². The van der Waals surface area contributed by atoms with Crippen LogP contribution in [-0.4, -0.2) is 0 Å². The Hall–Kier alpha value is -1.65. The zero-order valence-electron chi connectivity index (χ0n) is 12.0. The van der Waals surface area contributed by atoms with Crippen molar-refractivity contribution in [1.29, 1.82) is 0 Å². The molecule has 0 amide bonds. The third-order valence-electron chi connectivity index (χ3n) is 4.26. The van der Waals surface area contributed by atoms with Crippen molar-refractivity contribution in [2.45, 2.75) is 38.0 Å². The first-order chi connectivity index (χ1) is 10.5. The van der Waals surface area contributed by atoms with E-state index in [9.17, 15) is 22.0 Å².